The van der Waals surface area contributed by atoms with Crippen LogP contribution in [0.15, 0.2) is 28.7 Å². The van der Waals surface area contributed by atoms with E-state index in [2.05, 4.69) is 26.2 Å². The second kappa shape index (κ2) is 6.93. The fourth-order valence-electron chi connectivity index (χ4n) is 2.87. The van der Waals surface area contributed by atoms with Crippen molar-refractivity contribution in [3.63, 3.8) is 0 Å². The first-order valence-electron chi connectivity index (χ1n) is 7.89. The molecule has 1 aromatic carbocycles. The molecule has 1 aromatic heterocycles. The van der Waals surface area contributed by atoms with E-state index >= 15 is 0 Å². The number of piperidine rings is 1. The molecule has 0 bridgehead atoms. The Bertz CT molecular complexity index is 852. The van der Waals surface area contributed by atoms with E-state index in [0.29, 0.717) is 28.9 Å². The SMILES string of the molecule is CCS(=O)(=O)N1CCC(Nc2ccc3cc(Br)c(F)cc3n2)CC1. The summed E-state index contributed by atoms with van der Waals surface area (Å²) in [6, 6.07) is 7.03. The number of anilines is 1. The second-order valence-electron chi connectivity index (χ2n) is 5.87. The fraction of sp³-hybridized carbons (Fsp3) is 0.438. The zero-order valence-corrected chi connectivity index (χ0v) is 15.7. The Morgan fingerprint density at radius 2 is 2.04 bits per heavy atom. The lowest BCUT2D eigenvalue weighted by Crippen LogP contribution is -2.43. The zero-order chi connectivity index (χ0) is 17.3. The average Bonchev–Trinajstić information content (AvgIpc) is 2.57. The summed E-state index contributed by atoms with van der Waals surface area (Å²) in [5, 5.41) is 4.19. The normalized spacial score (nSPS) is 17.3. The number of rotatable bonds is 4. The Balaban J connectivity index is 1.69. The third-order valence-corrected chi connectivity index (χ3v) is 6.78. The van der Waals surface area contributed by atoms with Gasteiger partial charge in [-0.3, -0.25) is 0 Å². The first-order chi connectivity index (χ1) is 11.4. The summed E-state index contributed by atoms with van der Waals surface area (Å²) in [7, 11) is -3.11. The molecule has 0 unspecified atom stereocenters. The minimum atomic E-state index is -3.11. The molecule has 1 fully saturated rings. The van der Waals surface area contributed by atoms with Crippen molar-refractivity contribution in [3.8, 4) is 0 Å². The standard InChI is InChI=1S/C16H19BrFN3O2S/c1-2-24(22,23)21-7-5-12(6-8-21)19-16-4-3-11-9-13(17)14(18)10-15(11)20-16/h3-4,9-10,12H,2,5-8H2,1H3,(H,19,20). The summed E-state index contributed by atoms with van der Waals surface area (Å²) in [6.07, 6.45) is 1.46. The lowest BCUT2D eigenvalue weighted by molar-refractivity contribution is 0.330. The molecule has 0 spiro atoms. The number of benzene rings is 1. The van der Waals surface area contributed by atoms with E-state index < -0.39 is 10.0 Å². The highest BCUT2D eigenvalue weighted by Gasteiger charge is 2.26. The molecule has 0 amide bonds. The molecule has 8 heteroatoms. The fourth-order valence-corrected chi connectivity index (χ4v) is 4.36. The summed E-state index contributed by atoms with van der Waals surface area (Å²) in [5.41, 5.74) is 0.590. The van der Waals surface area contributed by atoms with Gasteiger partial charge in [0, 0.05) is 30.6 Å². The van der Waals surface area contributed by atoms with Crippen molar-refractivity contribution in [1.29, 1.82) is 0 Å². The maximum absolute atomic E-state index is 13.7. The molecule has 2 aromatic rings. The van der Waals surface area contributed by atoms with Gasteiger partial charge in [0.15, 0.2) is 0 Å². The molecule has 0 aliphatic carbocycles. The average molecular weight is 416 g/mol. The third kappa shape index (κ3) is 3.70. The number of nitrogens with one attached hydrogen (secondary N) is 1. The first-order valence-corrected chi connectivity index (χ1v) is 10.3. The maximum atomic E-state index is 13.7. The summed E-state index contributed by atoms with van der Waals surface area (Å²) in [5.74, 6) is 0.476. The summed E-state index contributed by atoms with van der Waals surface area (Å²) >= 11 is 3.17. The van der Waals surface area contributed by atoms with Crippen LogP contribution in [-0.4, -0.2) is 42.6 Å². The Morgan fingerprint density at radius 1 is 1.33 bits per heavy atom. The molecule has 2 heterocycles. The van der Waals surface area contributed by atoms with E-state index in [9.17, 15) is 12.8 Å². The largest absolute Gasteiger partial charge is 0.367 e. The quantitative estimate of drug-likeness (QED) is 0.831. The predicted molar refractivity (Wildman–Crippen MR) is 97.1 cm³/mol. The molecule has 1 saturated heterocycles. The molecule has 0 atom stereocenters. The highest BCUT2D eigenvalue weighted by atomic mass is 79.9. The number of hydrogen-bond acceptors (Lipinski definition) is 4. The Hall–Kier alpha value is -1.25. The van der Waals surface area contributed by atoms with Gasteiger partial charge in [-0.2, -0.15) is 0 Å². The van der Waals surface area contributed by atoms with E-state index in [1.165, 1.54) is 6.07 Å². The first kappa shape index (κ1) is 17.6. The Labute approximate surface area is 149 Å². The van der Waals surface area contributed by atoms with Crippen LogP contribution < -0.4 is 5.32 Å². The number of pyridine rings is 1. The van der Waals surface area contributed by atoms with Crippen LogP contribution in [0.2, 0.25) is 0 Å². The van der Waals surface area contributed by atoms with Crippen molar-refractivity contribution in [2.24, 2.45) is 0 Å². The number of fused-ring (bicyclic) bond motifs is 1. The highest BCUT2D eigenvalue weighted by Crippen LogP contribution is 2.24. The topological polar surface area (TPSA) is 62.3 Å². The van der Waals surface area contributed by atoms with Crippen molar-refractivity contribution in [3.05, 3.63) is 34.6 Å². The molecule has 1 N–H and O–H groups in total. The zero-order valence-electron chi connectivity index (χ0n) is 13.3. The van der Waals surface area contributed by atoms with Crippen molar-refractivity contribution in [1.82, 2.24) is 9.29 Å². The van der Waals surface area contributed by atoms with Gasteiger partial charge in [-0.15, -0.1) is 0 Å². The van der Waals surface area contributed by atoms with E-state index in [1.54, 1.807) is 17.3 Å². The molecule has 5 nitrogen and oxygen atoms in total. The van der Waals surface area contributed by atoms with Gasteiger partial charge in [0.2, 0.25) is 10.0 Å². The van der Waals surface area contributed by atoms with Gasteiger partial charge in [0.1, 0.15) is 11.6 Å². The van der Waals surface area contributed by atoms with Crippen molar-refractivity contribution in [2.45, 2.75) is 25.8 Å². The molecule has 1 aliphatic rings. The number of sulfonamides is 1. The summed E-state index contributed by atoms with van der Waals surface area (Å²) in [6.45, 7) is 2.70. The molecular formula is C16H19BrFN3O2S. The van der Waals surface area contributed by atoms with Gasteiger partial charge < -0.3 is 5.32 Å². The van der Waals surface area contributed by atoms with Crippen LogP contribution in [0.3, 0.4) is 0 Å². The minimum Gasteiger partial charge on any atom is -0.367 e. The number of nitrogens with zero attached hydrogens (tertiary/aromatic N) is 2. The molecule has 0 saturated carbocycles. The molecular weight excluding hydrogens is 397 g/mol. The number of hydrogen-bond donors (Lipinski definition) is 1. The Morgan fingerprint density at radius 3 is 2.71 bits per heavy atom. The van der Waals surface area contributed by atoms with Gasteiger partial charge in [-0.05, 0) is 53.9 Å². The predicted octanol–water partition coefficient (Wildman–Crippen LogP) is 3.36. The van der Waals surface area contributed by atoms with Crippen molar-refractivity contribution in [2.75, 3.05) is 24.2 Å². The van der Waals surface area contributed by atoms with E-state index in [0.717, 1.165) is 18.2 Å². The highest BCUT2D eigenvalue weighted by molar-refractivity contribution is 9.10. The van der Waals surface area contributed by atoms with Gasteiger partial charge in [0.25, 0.3) is 0 Å². The van der Waals surface area contributed by atoms with Crippen LogP contribution in [0, 0.1) is 5.82 Å². The smallest absolute Gasteiger partial charge is 0.213 e. The van der Waals surface area contributed by atoms with Gasteiger partial charge >= 0.3 is 0 Å². The van der Waals surface area contributed by atoms with Crippen LogP contribution in [0.1, 0.15) is 19.8 Å². The van der Waals surface area contributed by atoms with Crippen LogP contribution in [-0.2, 0) is 10.0 Å². The summed E-state index contributed by atoms with van der Waals surface area (Å²) < 4.78 is 39.4. The van der Waals surface area contributed by atoms with E-state index in [1.807, 2.05) is 12.1 Å². The monoisotopic (exact) mass is 415 g/mol. The van der Waals surface area contributed by atoms with Crippen LogP contribution >= 0.6 is 15.9 Å². The maximum Gasteiger partial charge on any atom is 0.213 e. The van der Waals surface area contributed by atoms with Crippen LogP contribution in [0.5, 0.6) is 0 Å². The van der Waals surface area contributed by atoms with Crippen molar-refractivity contribution >= 4 is 42.7 Å². The van der Waals surface area contributed by atoms with Gasteiger partial charge in [-0.25, -0.2) is 22.1 Å². The van der Waals surface area contributed by atoms with Crippen LogP contribution in [0.25, 0.3) is 10.9 Å². The minimum absolute atomic E-state index is 0.137. The third-order valence-electron chi connectivity index (χ3n) is 4.30. The van der Waals surface area contributed by atoms with Gasteiger partial charge in [0.05, 0.1) is 15.7 Å². The van der Waals surface area contributed by atoms with Gasteiger partial charge in [-0.1, -0.05) is 0 Å². The molecule has 1 aliphatic heterocycles. The van der Waals surface area contributed by atoms with Crippen molar-refractivity contribution < 1.29 is 12.8 Å². The number of halogens is 2. The van der Waals surface area contributed by atoms with Crippen LogP contribution in [0.4, 0.5) is 10.2 Å². The lowest BCUT2D eigenvalue weighted by Gasteiger charge is -2.31. The lowest BCUT2D eigenvalue weighted by atomic mass is 10.1. The molecule has 3 rings (SSSR count). The van der Waals surface area contributed by atoms with E-state index in [-0.39, 0.29) is 17.6 Å². The summed E-state index contributed by atoms with van der Waals surface area (Å²) in [4.78, 5) is 4.45. The number of aromatic nitrogens is 1. The second-order valence-corrected chi connectivity index (χ2v) is 8.99. The van der Waals surface area contributed by atoms with E-state index in [4.69, 9.17) is 0 Å². The molecule has 130 valence electrons. The Kier molecular flexibility index (Phi) is 5.08. The molecule has 24 heavy (non-hydrogen) atoms. The molecule has 0 radical (unpaired) electrons.